The molecule has 0 N–H and O–H groups in total. The fraction of sp³-hybridized carbons (Fsp3) is 0.538. The van der Waals surface area contributed by atoms with Crippen LogP contribution in [0, 0.1) is 5.92 Å². The van der Waals surface area contributed by atoms with Crippen LogP contribution in [0.5, 0.6) is 5.75 Å². The van der Waals surface area contributed by atoms with Crippen LogP contribution in [-0.4, -0.2) is 20.3 Å². The Kier molecular flexibility index (Phi) is 3.20. The number of benzene rings is 1. The summed E-state index contributed by atoms with van der Waals surface area (Å²) in [4.78, 5) is -0.721. The monoisotopic (exact) mass is 324 g/mol. The molecule has 3 nitrogen and oxygen atoms in total. The van der Waals surface area contributed by atoms with Gasteiger partial charge in [-0.05, 0) is 36.5 Å². The molecule has 0 radical (unpaired) electrons. The summed E-state index contributed by atoms with van der Waals surface area (Å²) in [6, 6.07) is 1.97. The largest absolute Gasteiger partial charge is 0.493 e. The second-order valence-corrected chi connectivity index (χ2v) is 7.37. The maximum absolute atomic E-state index is 13.5. The van der Waals surface area contributed by atoms with E-state index in [9.17, 15) is 26.0 Å². The lowest BCUT2D eigenvalue weighted by atomic mass is 10.0. The molecule has 1 heterocycles. The summed E-state index contributed by atoms with van der Waals surface area (Å²) >= 11 is 0. The van der Waals surface area contributed by atoms with E-state index in [1.54, 1.807) is 0 Å². The predicted octanol–water partition coefficient (Wildman–Crippen LogP) is 3.34. The number of sulfone groups is 1. The fourth-order valence-corrected chi connectivity index (χ4v) is 3.79. The first kappa shape index (κ1) is 14.6. The SMILES string of the molecule is O=S1(=O)c2ccc(OCC3CC3)c(C(F)F)c2CC1(F)F. The van der Waals surface area contributed by atoms with Gasteiger partial charge in [-0.25, -0.2) is 17.2 Å². The topological polar surface area (TPSA) is 43.4 Å². The summed E-state index contributed by atoms with van der Waals surface area (Å²) in [6.07, 6.45) is -2.41. The summed E-state index contributed by atoms with van der Waals surface area (Å²) in [7, 11) is -4.90. The fourth-order valence-electron chi connectivity index (χ4n) is 2.38. The molecule has 0 unspecified atom stereocenters. The summed E-state index contributed by atoms with van der Waals surface area (Å²) in [5.74, 6) is 0.0949. The van der Waals surface area contributed by atoms with Crippen LogP contribution in [0.25, 0.3) is 0 Å². The summed E-state index contributed by atoms with van der Waals surface area (Å²) in [6.45, 7) is 0.238. The Hall–Kier alpha value is -1.31. The quantitative estimate of drug-likeness (QED) is 0.798. The number of hydrogen-bond acceptors (Lipinski definition) is 3. The normalized spacial score (nSPS) is 22.3. The molecule has 1 aliphatic heterocycles. The average molecular weight is 324 g/mol. The van der Waals surface area contributed by atoms with Crippen LogP contribution in [0.1, 0.15) is 30.4 Å². The van der Waals surface area contributed by atoms with Crippen LogP contribution in [0.2, 0.25) is 0 Å². The summed E-state index contributed by atoms with van der Waals surface area (Å²) in [5.41, 5.74) is -1.25. The van der Waals surface area contributed by atoms with E-state index in [-0.39, 0.29) is 12.4 Å². The molecule has 1 fully saturated rings. The molecule has 1 aliphatic carbocycles. The lowest BCUT2D eigenvalue weighted by Gasteiger charge is -2.14. The first-order chi connectivity index (χ1) is 9.74. The minimum atomic E-state index is -4.90. The molecular weight excluding hydrogens is 312 g/mol. The molecule has 1 saturated carbocycles. The van der Waals surface area contributed by atoms with E-state index in [0.717, 1.165) is 25.0 Å². The van der Waals surface area contributed by atoms with Gasteiger partial charge in [-0.15, -0.1) is 0 Å². The third-order valence-electron chi connectivity index (χ3n) is 3.73. The molecule has 3 rings (SSSR count). The van der Waals surface area contributed by atoms with Crippen molar-refractivity contribution in [3.63, 3.8) is 0 Å². The lowest BCUT2D eigenvalue weighted by molar-refractivity contribution is 0.0958. The van der Waals surface area contributed by atoms with E-state index >= 15 is 0 Å². The van der Waals surface area contributed by atoms with Crippen molar-refractivity contribution in [3.8, 4) is 5.75 Å². The van der Waals surface area contributed by atoms with Crippen LogP contribution in [0.4, 0.5) is 17.6 Å². The van der Waals surface area contributed by atoms with Crippen molar-refractivity contribution in [1.82, 2.24) is 0 Å². The van der Waals surface area contributed by atoms with Crippen LogP contribution in [0.15, 0.2) is 17.0 Å². The third kappa shape index (κ3) is 2.29. The number of ether oxygens (including phenoxy) is 1. The van der Waals surface area contributed by atoms with Crippen molar-refractivity contribution >= 4 is 9.84 Å². The van der Waals surface area contributed by atoms with E-state index in [1.807, 2.05) is 0 Å². The molecular formula is C13H12F4O3S. The van der Waals surface area contributed by atoms with Crippen molar-refractivity contribution in [1.29, 1.82) is 0 Å². The van der Waals surface area contributed by atoms with Crippen molar-refractivity contribution in [2.75, 3.05) is 6.61 Å². The first-order valence-corrected chi connectivity index (χ1v) is 7.91. The Bertz CT molecular complexity index is 681. The molecule has 21 heavy (non-hydrogen) atoms. The van der Waals surface area contributed by atoms with Gasteiger partial charge in [0.1, 0.15) is 5.75 Å². The number of alkyl halides is 4. The van der Waals surface area contributed by atoms with Gasteiger partial charge >= 0.3 is 5.25 Å². The van der Waals surface area contributed by atoms with E-state index < -0.39 is 44.0 Å². The Morgan fingerprint density at radius 3 is 2.52 bits per heavy atom. The van der Waals surface area contributed by atoms with Crippen LogP contribution in [-0.2, 0) is 16.3 Å². The summed E-state index contributed by atoms with van der Waals surface area (Å²) < 4.78 is 82.0. The van der Waals surface area contributed by atoms with Gasteiger partial charge in [0, 0.05) is 0 Å². The minimum absolute atomic E-state index is 0.205. The zero-order valence-corrected chi connectivity index (χ0v) is 11.6. The van der Waals surface area contributed by atoms with Crippen LogP contribution in [0.3, 0.4) is 0 Å². The molecule has 0 saturated heterocycles. The van der Waals surface area contributed by atoms with Crippen molar-refractivity contribution in [2.24, 2.45) is 5.92 Å². The highest BCUT2D eigenvalue weighted by atomic mass is 32.2. The molecule has 0 spiro atoms. The van der Waals surface area contributed by atoms with Gasteiger partial charge in [-0.2, -0.15) is 8.78 Å². The van der Waals surface area contributed by atoms with Gasteiger partial charge < -0.3 is 4.74 Å². The zero-order chi connectivity index (χ0) is 15.4. The van der Waals surface area contributed by atoms with Crippen LogP contribution >= 0.6 is 0 Å². The van der Waals surface area contributed by atoms with Crippen molar-refractivity contribution in [3.05, 3.63) is 23.3 Å². The molecule has 1 aromatic carbocycles. The van der Waals surface area contributed by atoms with Gasteiger partial charge in [0.2, 0.25) is 9.84 Å². The number of hydrogen-bond donors (Lipinski definition) is 0. The number of halogens is 4. The highest BCUT2D eigenvalue weighted by Crippen LogP contribution is 2.47. The average Bonchev–Trinajstić information content (AvgIpc) is 3.15. The standard InChI is InChI=1S/C13H12F4O3S/c14-12(15)11-8-5-13(16,17)21(18,19)10(8)4-3-9(11)20-6-7-1-2-7/h3-4,7,12H,1-2,5-6H2. The number of fused-ring (bicyclic) bond motifs is 1. The van der Waals surface area contributed by atoms with Gasteiger partial charge in [0.25, 0.3) is 6.43 Å². The van der Waals surface area contributed by atoms with Gasteiger partial charge in [0.05, 0.1) is 23.5 Å². The highest BCUT2D eigenvalue weighted by Gasteiger charge is 2.54. The van der Waals surface area contributed by atoms with Gasteiger partial charge in [-0.1, -0.05) is 0 Å². The molecule has 2 aliphatic rings. The van der Waals surface area contributed by atoms with Crippen molar-refractivity contribution < 1.29 is 30.7 Å². The molecule has 116 valence electrons. The molecule has 0 amide bonds. The Morgan fingerprint density at radius 1 is 1.29 bits per heavy atom. The maximum atomic E-state index is 13.5. The number of rotatable bonds is 4. The molecule has 0 bridgehead atoms. The minimum Gasteiger partial charge on any atom is -0.493 e. The van der Waals surface area contributed by atoms with E-state index in [4.69, 9.17) is 4.74 Å². The molecule has 0 aromatic heterocycles. The second-order valence-electron chi connectivity index (χ2n) is 5.33. The summed E-state index contributed by atoms with van der Waals surface area (Å²) in [5, 5.41) is -4.05. The molecule has 0 atom stereocenters. The third-order valence-corrected chi connectivity index (χ3v) is 5.62. The maximum Gasteiger partial charge on any atom is 0.354 e. The Balaban J connectivity index is 2.07. The van der Waals surface area contributed by atoms with E-state index in [0.29, 0.717) is 5.92 Å². The second kappa shape index (κ2) is 4.59. The zero-order valence-electron chi connectivity index (χ0n) is 10.8. The van der Waals surface area contributed by atoms with Gasteiger partial charge in [-0.3, -0.25) is 0 Å². The molecule has 8 heteroatoms. The molecule has 1 aromatic rings. The van der Waals surface area contributed by atoms with E-state index in [2.05, 4.69) is 0 Å². The Labute approximate surface area is 118 Å². The van der Waals surface area contributed by atoms with Gasteiger partial charge in [0.15, 0.2) is 0 Å². The van der Waals surface area contributed by atoms with Crippen LogP contribution < -0.4 is 4.74 Å². The lowest BCUT2D eigenvalue weighted by Crippen LogP contribution is -2.24. The highest BCUT2D eigenvalue weighted by molar-refractivity contribution is 7.92. The smallest absolute Gasteiger partial charge is 0.354 e. The first-order valence-electron chi connectivity index (χ1n) is 6.43. The Morgan fingerprint density at radius 2 is 1.95 bits per heavy atom. The van der Waals surface area contributed by atoms with Crippen molar-refractivity contribution in [2.45, 2.75) is 35.8 Å². The van der Waals surface area contributed by atoms with E-state index in [1.165, 1.54) is 0 Å². The predicted molar refractivity (Wildman–Crippen MR) is 65.5 cm³/mol.